The number of ether oxygens (including phenoxy) is 2. The van der Waals surface area contributed by atoms with E-state index in [2.05, 4.69) is 5.32 Å². The van der Waals surface area contributed by atoms with Gasteiger partial charge in [0.1, 0.15) is 23.4 Å². The summed E-state index contributed by atoms with van der Waals surface area (Å²) in [6.07, 6.45) is 0. The van der Waals surface area contributed by atoms with Crippen LogP contribution in [0.4, 0.5) is 10.1 Å². The molecule has 0 radical (unpaired) electrons. The Morgan fingerprint density at radius 2 is 1.73 bits per heavy atom. The molecule has 0 fully saturated rings. The zero-order chi connectivity index (χ0) is 26.1. The summed E-state index contributed by atoms with van der Waals surface area (Å²) in [6, 6.07) is 18.0. The SMILES string of the molecule is COc1cc(OC)cc(N2C(=O)CSc3c(c4ccccc4n3C)[C@H]2C(=O)NCc2ccc(F)cc2)c1. The molecule has 3 aromatic carbocycles. The first-order valence-electron chi connectivity index (χ1n) is 11.7. The zero-order valence-corrected chi connectivity index (χ0v) is 21.5. The largest absolute Gasteiger partial charge is 0.497 e. The summed E-state index contributed by atoms with van der Waals surface area (Å²) in [4.78, 5) is 29.2. The van der Waals surface area contributed by atoms with Gasteiger partial charge in [0.05, 0.1) is 30.7 Å². The third-order valence-electron chi connectivity index (χ3n) is 6.47. The third-order valence-corrected chi connectivity index (χ3v) is 7.62. The summed E-state index contributed by atoms with van der Waals surface area (Å²) >= 11 is 1.41. The van der Waals surface area contributed by atoms with E-state index in [4.69, 9.17) is 9.47 Å². The van der Waals surface area contributed by atoms with Crippen LogP contribution in [-0.4, -0.2) is 36.4 Å². The summed E-state index contributed by atoms with van der Waals surface area (Å²) in [5.41, 5.74) is 2.96. The van der Waals surface area contributed by atoms with Crippen molar-refractivity contribution in [3.05, 3.63) is 83.7 Å². The van der Waals surface area contributed by atoms with Crippen molar-refractivity contribution in [2.75, 3.05) is 24.9 Å². The predicted octanol–water partition coefficient (Wildman–Crippen LogP) is 4.83. The third kappa shape index (κ3) is 4.62. The highest BCUT2D eigenvalue weighted by atomic mass is 32.2. The lowest BCUT2D eigenvalue weighted by Crippen LogP contribution is -2.43. The molecule has 4 aromatic rings. The molecule has 5 rings (SSSR count). The highest BCUT2D eigenvalue weighted by Gasteiger charge is 2.40. The van der Waals surface area contributed by atoms with Gasteiger partial charge in [0.2, 0.25) is 11.8 Å². The first-order valence-corrected chi connectivity index (χ1v) is 12.7. The minimum Gasteiger partial charge on any atom is -0.497 e. The summed E-state index contributed by atoms with van der Waals surface area (Å²) < 4.78 is 26.3. The zero-order valence-electron chi connectivity index (χ0n) is 20.7. The number of halogens is 1. The molecular weight excluding hydrogens is 493 g/mol. The van der Waals surface area contributed by atoms with Crippen molar-refractivity contribution in [3.63, 3.8) is 0 Å². The standard InChI is InChI=1S/C28H26FN3O4S/c1-31-23-7-5-4-6-22(23)25-26(27(34)30-15-17-8-10-18(29)11-9-17)32(24(33)16-37-28(25)31)19-12-20(35-2)14-21(13-19)36-3/h4-14,26H,15-16H2,1-3H3,(H,30,34)/t26-/m0/s1. The van der Waals surface area contributed by atoms with E-state index in [1.165, 1.54) is 43.0 Å². The van der Waals surface area contributed by atoms with Crippen LogP contribution in [0.25, 0.3) is 10.9 Å². The van der Waals surface area contributed by atoms with Crippen molar-refractivity contribution < 1.29 is 23.5 Å². The van der Waals surface area contributed by atoms with E-state index in [0.29, 0.717) is 17.2 Å². The number of thioether (sulfide) groups is 1. The van der Waals surface area contributed by atoms with Gasteiger partial charge in [-0.15, -0.1) is 0 Å². The molecule has 9 heteroatoms. The van der Waals surface area contributed by atoms with Gasteiger partial charge in [-0.25, -0.2) is 4.39 Å². The van der Waals surface area contributed by atoms with Crippen LogP contribution in [0.3, 0.4) is 0 Å². The Kier molecular flexibility index (Phi) is 6.80. The van der Waals surface area contributed by atoms with E-state index in [0.717, 1.165) is 27.1 Å². The fourth-order valence-corrected chi connectivity index (χ4v) is 5.74. The number of amides is 2. The first kappa shape index (κ1) is 24.7. The highest BCUT2D eigenvalue weighted by Crippen LogP contribution is 2.44. The molecular formula is C28H26FN3O4S. The number of aromatic nitrogens is 1. The van der Waals surface area contributed by atoms with Crippen LogP contribution in [0.5, 0.6) is 11.5 Å². The fraction of sp³-hybridized carbons (Fsp3) is 0.214. The Hall–Kier alpha value is -3.98. The molecule has 0 aliphatic carbocycles. The normalized spacial score (nSPS) is 15.3. The molecule has 0 saturated heterocycles. The van der Waals surface area contributed by atoms with Gasteiger partial charge in [0.25, 0.3) is 0 Å². The average Bonchev–Trinajstić information content (AvgIpc) is 3.09. The Balaban J connectivity index is 1.66. The number of methoxy groups -OCH3 is 2. The summed E-state index contributed by atoms with van der Waals surface area (Å²) in [7, 11) is 5.01. The maximum atomic E-state index is 14.0. The van der Waals surface area contributed by atoms with Crippen LogP contribution in [0.2, 0.25) is 0 Å². The number of benzene rings is 3. The minimum absolute atomic E-state index is 0.151. The van der Waals surface area contributed by atoms with Gasteiger partial charge in [-0.05, 0) is 23.8 Å². The van der Waals surface area contributed by atoms with E-state index < -0.39 is 6.04 Å². The van der Waals surface area contributed by atoms with Crippen molar-refractivity contribution in [3.8, 4) is 11.5 Å². The molecule has 1 atom stereocenters. The molecule has 1 aromatic heterocycles. The van der Waals surface area contributed by atoms with Crippen molar-refractivity contribution in [2.24, 2.45) is 7.05 Å². The first-order chi connectivity index (χ1) is 17.9. The predicted molar refractivity (Wildman–Crippen MR) is 142 cm³/mol. The number of hydrogen-bond acceptors (Lipinski definition) is 5. The van der Waals surface area contributed by atoms with Gasteiger partial charge in [-0.3, -0.25) is 14.5 Å². The second-order valence-corrected chi connectivity index (χ2v) is 9.63. The van der Waals surface area contributed by atoms with Crippen LogP contribution < -0.4 is 19.7 Å². The maximum absolute atomic E-state index is 14.0. The quantitative estimate of drug-likeness (QED) is 0.395. The van der Waals surface area contributed by atoms with E-state index in [-0.39, 0.29) is 29.9 Å². The minimum atomic E-state index is -0.958. The molecule has 0 saturated carbocycles. The summed E-state index contributed by atoms with van der Waals surface area (Å²) in [5, 5.41) is 4.72. The molecule has 2 heterocycles. The van der Waals surface area contributed by atoms with Crippen LogP contribution >= 0.6 is 11.8 Å². The molecule has 0 unspecified atom stereocenters. The van der Waals surface area contributed by atoms with Crippen LogP contribution in [0, 0.1) is 5.82 Å². The fourth-order valence-electron chi connectivity index (χ4n) is 4.67. The van der Waals surface area contributed by atoms with Crippen LogP contribution in [-0.2, 0) is 23.2 Å². The van der Waals surface area contributed by atoms with Crippen LogP contribution in [0.1, 0.15) is 17.2 Å². The number of carbonyl (C=O) groups is 2. The van der Waals surface area contributed by atoms with Gasteiger partial charge >= 0.3 is 0 Å². The van der Waals surface area contributed by atoms with E-state index in [1.807, 2.05) is 35.9 Å². The Morgan fingerprint density at radius 1 is 1.05 bits per heavy atom. The number of nitrogens with one attached hydrogen (secondary N) is 1. The lowest BCUT2D eigenvalue weighted by atomic mass is 10.0. The number of nitrogens with zero attached hydrogens (tertiary/aromatic N) is 2. The number of rotatable bonds is 6. The lowest BCUT2D eigenvalue weighted by molar-refractivity contribution is -0.125. The molecule has 1 aliphatic rings. The van der Waals surface area contributed by atoms with Gasteiger partial charge in [0, 0.05) is 48.3 Å². The molecule has 1 aliphatic heterocycles. The van der Waals surface area contributed by atoms with Gasteiger partial charge in [0.15, 0.2) is 0 Å². The average molecular weight is 520 g/mol. The molecule has 2 amide bonds. The van der Waals surface area contributed by atoms with Crippen molar-refractivity contribution >= 4 is 40.2 Å². The summed E-state index contributed by atoms with van der Waals surface area (Å²) in [5.74, 6) is 0.241. The molecule has 7 nitrogen and oxygen atoms in total. The smallest absolute Gasteiger partial charge is 0.248 e. The van der Waals surface area contributed by atoms with Gasteiger partial charge in [-0.2, -0.15) is 0 Å². The Bertz CT molecular complexity index is 1460. The Morgan fingerprint density at radius 3 is 2.41 bits per heavy atom. The number of aryl methyl sites for hydroxylation is 1. The lowest BCUT2D eigenvalue weighted by Gasteiger charge is -2.30. The monoisotopic (exact) mass is 519 g/mol. The van der Waals surface area contributed by atoms with Crippen molar-refractivity contribution in [1.82, 2.24) is 9.88 Å². The number of fused-ring (bicyclic) bond motifs is 3. The number of carbonyl (C=O) groups excluding carboxylic acids is 2. The number of anilines is 1. The molecule has 1 N–H and O–H groups in total. The van der Waals surface area contributed by atoms with Gasteiger partial charge in [-0.1, -0.05) is 42.1 Å². The molecule has 190 valence electrons. The van der Waals surface area contributed by atoms with Crippen LogP contribution in [0.15, 0.2) is 71.8 Å². The highest BCUT2D eigenvalue weighted by molar-refractivity contribution is 8.00. The summed E-state index contributed by atoms with van der Waals surface area (Å²) in [6.45, 7) is 0.187. The van der Waals surface area contributed by atoms with E-state index in [1.54, 1.807) is 30.3 Å². The van der Waals surface area contributed by atoms with Crippen molar-refractivity contribution in [2.45, 2.75) is 17.6 Å². The second-order valence-electron chi connectivity index (χ2n) is 8.67. The van der Waals surface area contributed by atoms with E-state index >= 15 is 0 Å². The number of para-hydroxylation sites is 1. The molecule has 0 spiro atoms. The topological polar surface area (TPSA) is 72.8 Å². The Labute approximate surface area is 218 Å². The molecule has 37 heavy (non-hydrogen) atoms. The molecule has 0 bridgehead atoms. The van der Waals surface area contributed by atoms with Crippen molar-refractivity contribution in [1.29, 1.82) is 0 Å². The second kappa shape index (κ2) is 10.2. The van der Waals surface area contributed by atoms with E-state index in [9.17, 15) is 14.0 Å². The maximum Gasteiger partial charge on any atom is 0.248 e. The number of hydrogen-bond donors (Lipinski definition) is 1. The van der Waals surface area contributed by atoms with Gasteiger partial charge < -0.3 is 19.4 Å².